The van der Waals surface area contributed by atoms with Gasteiger partial charge in [0.1, 0.15) is 5.75 Å². The number of rotatable bonds is 10. The van der Waals surface area contributed by atoms with E-state index in [1.807, 2.05) is 32.0 Å². The lowest BCUT2D eigenvalue weighted by Crippen LogP contribution is -2.28. The standard InChI is InChI=1S/C19H28O5/c1-5-22-18(20)16(19(21)23-6-2)11-7-8-13-24-17-12-9-10-14(3)15(17)4/h9-10,12,16H,5-8,11,13H2,1-4H3. The normalized spacial score (nSPS) is 10.5. The van der Waals surface area contributed by atoms with Gasteiger partial charge >= 0.3 is 11.9 Å². The van der Waals surface area contributed by atoms with Gasteiger partial charge in [-0.25, -0.2) is 0 Å². The molecule has 0 aliphatic rings. The second-order valence-electron chi connectivity index (χ2n) is 5.60. The summed E-state index contributed by atoms with van der Waals surface area (Å²) >= 11 is 0. The van der Waals surface area contributed by atoms with Crippen molar-refractivity contribution in [3.05, 3.63) is 29.3 Å². The predicted octanol–water partition coefficient (Wildman–Crippen LogP) is 3.59. The maximum absolute atomic E-state index is 11.9. The zero-order valence-electron chi connectivity index (χ0n) is 15.1. The first kappa shape index (κ1) is 20.0. The van der Waals surface area contributed by atoms with Gasteiger partial charge in [-0.2, -0.15) is 0 Å². The van der Waals surface area contributed by atoms with E-state index in [0.29, 0.717) is 19.4 Å². The zero-order chi connectivity index (χ0) is 17.9. The Bertz CT molecular complexity index is 521. The molecule has 0 radical (unpaired) electrons. The van der Waals surface area contributed by atoms with Crippen molar-refractivity contribution in [3.63, 3.8) is 0 Å². The number of carbonyl (C=O) groups is 2. The average Bonchev–Trinajstić information content (AvgIpc) is 2.54. The molecule has 1 aromatic rings. The number of aryl methyl sites for hydroxylation is 1. The third kappa shape index (κ3) is 6.22. The third-order valence-electron chi connectivity index (χ3n) is 3.84. The van der Waals surface area contributed by atoms with Crippen molar-refractivity contribution in [3.8, 4) is 5.75 Å². The van der Waals surface area contributed by atoms with Gasteiger partial charge in [0.05, 0.1) is 19.8 Å². The van der Waals surface area contributed by atoms with Crippen LogP contribution in [-0.2, 0) is 19.1 Å². The molecule has 0 N–H and O–H groups in total. The van der Waals surface area contributed by atoms with E-state index in [0.717, 1.165) is 17.7 Å². The Hall–Kier alpha value is -2.04. The molecule has 0 aliphatic heterocycles. The molecule has 0 unspecified atom stereocenters. The predicted molar refractivity (Wildman–Crippen MR) is 92.0 cm³/mol. The molecule has 0 saturated heterocycles. The van der Waals surface area contributed by atoms with Crippen LogP contribution in [0.5, 0.6) is 5.75 Å². The molecule has 134 valence electrons. The smallest absolute Gasteiger partial charge is 0.320 e. The molecule has 5 nitrogen and oxygen atoms in total. The van der Waals surface area contributed by atoms with E-state index in [-0.39, 0.29) is 13.2 Å². The van der Waals surface area contributed by atoms with E-state index >= 15 is 0 Å². The summed E-state index contributed by atoms with van der Waals surface area (Å²) in [6.07, 6.45) is 1.85. The molecule has 0 heterocycles. The van der Waals surface area contributed by atoms with Crippen molar-refractivity contribution >= 4 is 11.9 Å². The molecular formula is C19H28O5. The number of esters is 2. The highest BCUT2D eigenvalue weighted by Gasteiger charge is 2.28. The summed E-state index contributed by atoms with van der Waals surface area (Å²) in [4.78, 5) is 23.7. The van der Waals surface area contributed by atoms with Crippen LogP contribution in [0.15, 0.2) is 18.2 Å². The largest absolute Gasteiger partial charge is 0.493 e. The average molecular weight is 336 g/mol. The van der Waals surface area contributed by atoms with Crippen LogP contribution in [0.1, 0.15) is 44.2 Å². The summed E-state index contributed by atoms with van der Waals surface area (Å²) in [5.41, 5.74) is 2.32. The van der Waals surface area contributed by atoms with Gasteiger partial charge in [0, 0.05) is 0 Å². The fourth-order valence-corrected chi connectivity index (χ4v) is 2.33. The van der Waals surface area contributed by atoms with E-state index in [9.17, 15) is 9.59 Å². The monoisotopic (exact) mass is 336 g/mol. The Kier molecular flexibility index (Phi) is 8.90. The van der Waals surface area contributed by atoms with Gasteiger partial charge in [-0.3, -0.25) is 9.59 Å². The highest BCUT2D eigenvalue weighted by Crippen LogP contribution is 2.21. The van der Waals surface area contributed by atoms with Gasteiger partial charge in [0.2, 0.25) is 0 Å². The second-order valence-corrected chi connectivity index (χ2v) is 5.60. The van der Waals surface area contributed by atoms with Crippen LogP contribution >= 0.6 is 0 Å². The minimum atomic E-state index is -0.842. The number of benzene rings is 1. The van der Waals surface area contributed by atoms with Crippen molar-refractivity contribution in [2.24, 2.45) is 5.92 Å². The number of hydrogen-bond donors (Lipinski definition) is 0. The number of carbonyl (C=O) groups excluding carboxylic acids is 2. The van der Waals surface area contributed by atoms with Crippen LogP contribution in [-0.4, -0.2) is 31.8 Å². The van der Waals surface area contributed by atoms with Crippen LogP contribution in [0.4, 0.5) is 0 Å². The Morgan fingerprint density at radius 1 is 1.00 bits per heavy atom. The van der Waals surface area contributed by atoms with Crippen molar-refractivity contribution in [2.45, 2.75) is 47.0 Å². The fourth-order valence-electron chi connectivity index (χ4n) is 2.33. The molecule has 0 aromatic heterocycles. The van der Waals surface area contributed by atoms with Gasteiger partial charge in [0.15, 0.2) is 5.92 Å². The molecule has 0 saturated carbocycles. The fraction of sp³-hybridized carbons (Fsp3) is 0.579. The van der Waals surface area contributed by atoms with Gasteiger partial charge in [-0.05, 0) is 64.2 Å². The molecule has 0 atom stereocenters. The Labute approximate surface area is 144 Å². The third-order valence-corrected chi connectivity index (χ3v) is 3.84. The molecular weight excluding hydrogens is 308 g/mol. The maximum atomic E-state index is 11.9. The summed E-state index contributed by atoms with van der Waals surface area (Å²) < 4.78 is 15.7. The van der Waals surface area contributed by atoms with Crippen LogP contribution in [0.25, 0.3) is 0 Å². The lowest BCUT2D eigenvalue weighted by Gasteiger charge is -2.14. The van der Waals surface area contributed by atoms with Crippen molar-refractivity contribution in [2.75, 3.05) is 19.8 Å². The van der Waals surface area contributed by atoms with Crippen molar-refractivity contribution in [1.29, 1.82) is 0 Å². The first-order valence-corrected chi connectivity index (χ1v) is 8.53. The topological polar surface area (TPSA) is 61.8 Å². The summed E-state index contributed by atoms with van der Waals surface area (Å²) in [6.45, 7) is 8.57. The quantitative estimate of drug-likeness (QED) is 0.371. The van der Waals surface area contributed by atoms with Crippen molar-refractivity contribution in [1.82, 2.24) is 0 Å². The molecule has 0 spiro atoms. The van der Waals surface area contributed by atoms with Crippen LogP contribution < -0.4 is 4.74 Å². The van der Waals surface area contributed by atoms with Crippen LogP contribution in [0.3, 0.4) is 0 Å². The second kappa shape index (κ2) is 10.7. The van der Waals surface area contributed by atoms with Gasteiger partial charge < -0.3 is 14.2 Å². The van der Waals surface area contributed by atoms with Gasteiger partial charge in [0.25, 0.3) is 0 Å². The molecule has 5 heteroatoms. The van der Waals surface area contributed by atoms with Crippen molar-refractivity contribution < 1.29 is 23.8 Å². The summed E-state index contributed by atoms with van der Waals surface area (Å²) in [5.74, 6) is -0.981. The van der Waals surface area contributed by atoms with Gasteiger partial charge in [-0.1, -0.05) is 12.1 Å². The summed E-state index contributed by atoms with van der Waals surface area (Å²) in [5, 5.41) is 0. The van der Waals surface area contributed by atoms with E-state index in [1.165, 1.54) is 5.56 Å². The molecule has 24 heavy (non-hydrogen) atoms. The Morgan fingerprint density at radius 2 is 1.62 bits per heavy atom. The van der Waals surface area contributed by atoms with E-state index in [1.54, 1.807) is 13.8 Å². The highest BCUT2D eigenvalue weighted by molar-refractivity contribution is 5.94. The Morgan fingerprint density at radius 3 is 2.21 bits per heavy atom. The number of hydrogen-bond acceptors (Lipinski definition) is 5. The summed E-state index contributed by atoms with van der Waals surface area (Å²) in [6, 6.07) is 5.96. The van der Waals surface area contributed by atoms with Crippen LogP contribution in [0.2, 0.25) is 0 Å². The maximum Gasteiger partial charge on any atom is 0.320 e. The number of ether oxygens (including phenoxy) is 3. The SMILES string of the molecule is CCOC(=O)C(CCCCOc1cccc(C)c1C)C(=O)OCC. The van der Waals surface area contributed by atoms with E-state index < -0.39 is 17.9 Å². The molecule has 1 rings (SSSR count). The first-order valence-electron chi connectivity index (χ1n) is 8.53. The lowest BCUT2D eigenvalue weighted by atomic mass is 10.0. The molecule has 0 aliphatic carbocycles. The Balaban J connectivity index is 2.43. The van der Waals surface area contributed by atoms with E-state index in [2.05, 4.69) is 0 Å². The summed E-state index contributed by atoms with van der Waals surface area (Å²) in [7, 11) is 0. The molecule has 0 bridgehead atoms. The minimum Gasteiger partial charge on any atom is -0.493 e. The molecule has 0 amide bonds. The zero-order valence-corrected chi connectivity index (χ0v) is 15.1. The van der Waals surface area contributed by atoms with E-state index in [4.69, 9.17) is 14.2 Å². The lowest BCUT2D eigenvalue weighted by molar-refractivity contribution is -0.162. The van der Waals surface area contributed by atoms with Gasteiger partial charge in [-0.15, -0.1) is 0 Å². The minimum absolute atomic E-state index is 0.254. The molecule has 1 aromatic carbocycles. The molecule has 0 fully saturated rings. The first-order chi connectivity index (χ1) is 11.5. The number of unbranched alkanes of at least 4 members (excludes halogenated alkanes) is 1. The van der Waals surface area contributed by atoms with Crippen LogP contribution in [0, 0.1) is 19.8 Å². The highest BCUT2D eigenvalue weighted by atomic mass is 16.6.